The number of hydrogen-bond acceptors (Lipinski definition) is 2. The zero-order chi connectivity index (χ0) is 9.10. The van der Waals surface area contributed by atoms with Crippen molar-refractivity contribution in [3.63, 3.8) is 0 Å². The lowest BCUT2D eigenvalue weighted by molar-refractivity contribution is -0.0383. The number of rotatable bonds is 4. The van der Waals surface area contributed by atoms with E-state index in [-0.39, 0.29) is 0 Å². The Morgan fingerprint density at radius 2 is 2.15 bits per heavy atom. The summed E-state index contributed by atoms with van der Waals surface area (Å²) in [5.41, 5.74) is 0. The van der Waals surface area contributed by atoms with E-state index in [2.05, 4.69) is 12.2 Å². The molecule has 1 aliphatic carbocycles. The van der Waals surface area contributed by atoms with E-state index in [0.29, 0.717) is 6.10 Å². The lowest BCUT2D eigenvalue weighted by Crippen LogP contribution is -2.38. The van der Waals surface area contributed by atoms with E-state index in [4.69, 9.17) is 4.74 Å². The Hall–Kier alpha value is -0.0800. The van der Waals surface area contributed by atoms with Crippen molar-refractivity contribution >= 4 is 0 Å². The van der Waals surface area contributed by atoms with E-state index in [1.165, 1.54) is 25.7 Å². The van der Waals surface area contributed by atoms with Gasteiger partial charge in [-0.25, -0.2) is 0 Å². The quantitative estimate of drug-likeness (QED) is 0.717. The largest absolute Gasteiger partial charge is 0.378 e. The summed E-state index contributed by atoms with van der Waals surface area (Å²) in [5, 5.41) is 3.45. The summed E-state index contributed by atoms with van der Waals surface area (Å²) in [6.07, 6.45) is 6.04. The van der Waals surface area contributed by atoms with Crippen molar-refractivity contribution in [2.24, 2.45) is 11.8 Å². The van der Waals surface area contributed by atoms with Crippen LogP contribution in [0.5, 0.6) is 0 Å². The molecule has 2 nitrogen and oxygen atoms in total. The van der Waals surface area contributed by atoms with Gasteiger partial charge in [0.1, 0.15) is 0 Å². The molecular formula is C11H21NO. The van der Waals surface area contributed by atoms with Gasteiger partial charge in [0.05, 0.1) is 6.10 Å². The van der Waals surface area contributed by atoms with Crippen molar-refractivity contribution in [1.29, 1.82) is 0 Å². The molecule has 2 rings (SSSR count). The average molecular weight is 183 g/mol. The zero-order valence-electron chi connectivity index (χ0n) is 8.59. The van der Waals surface area contributed by atoms with Gasteiger partial charge in [-0.1, -0.05) is 6.92 Å². The Morgan fingerprint density at radius 3 is 2.85 bits per heavy atom. The van der Waals surface area contributed by atoms with E-state index in [0.717, 1.165) is 31.5 Å². The maximum atomic E-state index is 5.87. The predicted molar refractivity (Wildman–Crippen MR) is 53.7 cm³/mol. The van der Waals surface area contributed by atoms with Crippen LogP contribution in [0.2, 0.25) is 0 Å². The van der Waals surface area contributed by atoms with Crippen molar-refractivity contribution < 1.29 is 4.74 Å². The van der Waals surface area contributed by atoms with Crippen LogP contribution in [0.25, 0.3) is 0 Å². The van der Waals surface area contributed by atoms with Crippen molar-refractivity contribution in [2.45, 2.75) is 38.7 Å². The summed E-state index contributed by atoms with van der Waals surface area (Å²) in [6, 6.07) is 0. The molecule has 0 amide bonds. The highest BCUT2D eigenvalue weighted by atomic mass is 16.5. The fraction of sp³-hybridized carbons (Fsp3) is 1.00. The highest BCUT2D eigenvalue weighted by Gasteiger charge is 2.38. The summed E-state index contributed by atoms with van der Waals surface area (Å²) in [5.74, 6) is 1.70. The molecule has 0 radical (unpaired) electrons. The fourth-order valence-corrected chi connectivity index (χ4v) is 2.36. The van der Waals surface area contributed by atoms with Gasteiger partial charge in [-0.2, -0.15) is 0 Å². The minimum atomic E-state index is 0.591. The second kappa shape index (κ2) is 4.43. The molecule has 1 saturated carbocycles. The Bertz CT molecular complexity index is 156. The summed E-state index contributed by atoms with van der Waals surface area (Å²) < 4.78 is 5.87. The zero-order valence-corrected chi connectivity index (χ0v) is 8.59. The van der Waals surface area contributed by atoms with Crippen molar-refractivity contribution in [1.82, 2.24) is 5.32 Å². The van der Waals surface area contributed by atoms with Crippen molar-refractivity contribution in [3.05, 3.63) is 0 Å². The second-order valence-electron chi connectivity index (χ2n) is 4.38. The van der Waals surface area contributed by atoms with E-state index in [1.54, 1.807) is 0 Å². The molecule has 0 spiro atoms. The molecule has 1 aliphatic heterocycles. The molecule has 0 bridgehead atoms. The number of ether oxygens (including phenoxy) is 1. The molecule has 2 atom stereocenters. The van der Waals surface area contributed by atoms with Gasteiger partial charge in [-0.15, -0.1) is 0 Å². The predicted octanol–water partition coefficient (Wildman–Crippen LogP) is 1.80. The van der Waals surface area contributed by atoms with Crippen LogP contribution in [0.4, 0.5) is 0 Å². The first-order valence-corrected chi connectivity index (χ1v) is 5.74. The SMILES string of the molecule is CCNCC1CCCOC1C1CC1. The first kappa shape index (κ1) is 9.47. The van der Waals surface area contributed by atoms with Gasteiger partial charge in [0, 0.05) is 13.2 Å². The van der Waals surface area contributed by atoms with Crippen molar-refractivity contribution in [2.75, 3.05) is 19.7 Å². The molecule has 2 fully saturated rings. The third-order valence-corrected chi connectivity index (χ3v) is 3.24. The molecule has 2 aliphatic rings. The Labute approximate surface area is 81.0 Å². The van der Waals surface area contributed by atoms with Gasteiger partial charge in [0.25, 0.3) is 0 Å². The van der Waals surface area contributed by atoms with Gasteiger partial charge < -0.3 is 10.1 Å². The summed E-state index contributed by atoms with van der Waals surface area (Å²) in [6.45, 7) is 5.44. The van der Waals surface area contributed by atoms with E-state index < -0.39 is 0 Å². The molecule has 0 aromatic heterocycles. The summed E-state index contributed by atoms with van der Waals surface area (Å²) in [4.78, 5) is 0. The van der Waals surface area contributed by atoms with Crippen LogP contribution in [-0.2, 0) is 4.74 Å². The Balaban J connectivity index is 1.81. The smallest absolute Gasteiger partial charge is 0.0643 e. The maximum absolute atomic E-state index is 5.87. The molecule has 1 saturated heterocycles. The first-order valence-electron chi connectivity index (χ1n) is 5.74. The highest BCUT2D eigenvalue weighted by Crippen LogP contribution is 2.40. The summed E-state index contributed by atoms with van der Waals surface area (Å²) >= 11 is 0. The topological polar surface area (TPSA) is 21.3 Å². The number of nitrogens with one attached hydrogen (secondary N) is 1. The minimum Gasteiger partial charge on any atom is -0.378 e. The third-order valence-electron chi connectivity index (χ3n) is 3.24. The molecule has 13 heavy (non-hydrogen) atoms. The maximum Gasteiger partial charge on any atom is 0.0643 e. The molecule has 76 valence electrons. The molecule has 2 unspecified atom stereocenters. The van der Waals surface area contributed by atoms with Crippen LogP contribution in [-0.4, -0.2) is 25.8 Å². The van der Waals surface area contributed by atoms with Gasteiger partial charge >= 0.3 is 0 Å². The molecule has 0 aromatic carbocycles. The van der Waals surface area contributed by atoms with Crippen LogP contribution >= 0.6 is 0 Å². The van der Waals surface area contributed by atoms with E-state index in [9.17, 15) is 0 Å². The van der Waals surface area contributed by atoms with Gasteiger partial charge in [-0.3, -0.25) is 0 Å². The van der Waals surface area contributed by atoms with Crippen LogP contribution in [0.1, 0.15) is 32.6 Å². The minimum absolute atomic E-state index is 0.591. The second-order valence-corrected chi connectivity index (χ2v) is 4.38. The first-order chi connectivity index (χ1) is 6.42. The molecule has 1 heterocycles. The lowest BCUT2D eigenvalue weighted by atomic mass is 9.91. The normalized spacial score (nSPS) is 34.8. The summed E-state index contributed by atoms with van der Waals surface area (Å²) in [7, 11) is 0. The third kappa shape index (κ3) is 2.44. The van der Waals surface area contributed by atoms with Gasteiger partial charge in [-0.05, 0) is 44.1 Å². The Kier molecular flexibility index (Phi) is 3.23. The van der Waals surface area contributed by atoms with Gasteiger partial charge in [0.2, 0.25) is 0 Å². The van der Waals surface area contributed by atoms with Crippen molar-refractivity contribution in [3.8, 4) is 0 Å². The lowest BCUT2D eigenvalue weighted by Gasteiger charge is -2.32. The number of hydrogen-bond donors (Lipinski definition) is 1. The van der Waals surface area contributed by atoms with Gasteiger partial charge in [0.15, 0.2) is 0 Å². The van der Waals surface area contributed by atoms with Crippen LogP contribution in [0.3, 0.4) is 0 Å². The van der Waals surface area contributed by atoms with Crippen LogP contribution < -0.4 is 5.32 Å². The molecule has 1 N–H and O–H groups in total. The molecular weight excluding hydrogens is 162 g/mol. The monoisotopic (exact) mass is 183 g/mol. The van der Waals surface area contributed by atoms with Crippen LogP contribution in [0.15, 0.2) is 0 Å². The Morgan fingerprint density at radius 1 is 1.31 bits per heavy atom. The van der Waals surface area contributed by atoms with E-state index >= 15 is 0 Å². The highest BCUT2D eigenvalue weighted by molar-refractivity contribution is 4.89. The molecule has 2 heteroatoms. The standard InChI is InChI=1S/C11H21NO/c1-2-12-8-10-4-3-7-13-11(10)9-5-6-9/h9-12H,2-8H2,1H3. The average Bonchev–Trinajstić information content (AvgIpc) is 2.98. The fourth-order valence-electron chi connectivity index (χ4n) is 2.36. The van der Waals surface area contributed by atoms with Crippen LogP contribution in [0, 0.1) is 11.8 Å². The molecule has 0 aromatic rings. The van der Waals surface area contributed by atoms with E-state index in [1.807, 2.05) is 0 Å².